The number of fused-ring (bicyclic) bond motifs is 2. The maximum Gasteiger partial charge on any atom is 0.263 e. The first-order chi connectivity index (χ1) is 18.9. The number of carbonyl (C=O) groups is 1. The number of aromatic nitrogens is 5. The number of hydrogen-bond acceptors (Lipinski definition) is 6. The van der Waals surface area contributed by atoms with Gasteiger partial charge in [-0.3, -0.25) is 18.8 Å². The van der Waals surface area contributed by atoms with Gasteiger partial charge in [0.25, 0.3) is 11.5 Å². The molecule has 10 heteroatoms. The zero-order valence-electron chi connectivity index (χ0n) is 21.8. The van der Waals surface area contributed by atoms with E-state index < -0.39 is 5.91 Å². The molecule has 0 unspecified atom stereocenters. The van der Waals surface area contributed by atoms with Crippen LogP contribution < -0.4 is 22.3 Å². The molecule has 0 radical (unpaired) electrons. The van der Waals surface area contributed by atoms with Crippen LogP contribution in [0.25, 0.3) is 33.8 Å². The number of nitrogens with zero attached hydrogens (tertiary/aromatic N) is 5. The molecular formula is C29H30N8O2. The molecule has 198 valence electrons. The Morgan fingerprint density at radius 2 is 1.90 bits per heavy atom. The van der Waals surface area contributed by atoms with Crippen molar-refractivity contribution < 1.29 is 4.79 Å². The Morgan fingerprint density at radius 3 is 2.59 bits per heavy atom. The minimum Gasteiger partial charge on any atom is -0.381 e. The molecule has 0 saturated carbocycles. The summed E-state index contributed by atoms with van der Waals surface area (Å²) in [4.78, 5) is 24.5. The summed E-state index contributed by atoms with van der Waals surface area (Å²) < 4.78 is 5.21. The number of anilines is 2. The summed E-state index contributed by atoms with van der Waals surface area (Å²) in [6.07, 6.45) is 8.21. The van der Waals surface area contributed by atoms with Gasteiger partial charge < -0.3 is 16.8 Å². The van der Waals surface area contributed by atoms with Crippen LogP contribution in [0.4, 0.5) is 11.6 Å². The molecular weight excluding hydrogens is 492 g/mol. The van der Waals surface area contributed by atoms with Gasteiger partial charge >= 0.3 is 0 Å². The number of para-hydroxylation sites is 1. The predicted molar refractivity (Wildman–Crippen MR) is 155 cm³/mol. The van der Waals surface area contributed by atoms with Crippen molar-refractivity contribution in [3.8, 4) is 16.8 Å². The molecule has 0 atom stereocenters. The first-order valence-corrected chi connectivity index (χ1v) is 12.8. The van der Waals surface area contributed by atoms with Gasteiger partial charge in [0, 0.05) is 42.4 Å². The minimum absolute atomic E-state index is 0.0189. The Balaban J connectivity index is 0.000000198. The number of nitrogens with one attached hydrogen (secondary N) is 1. The second kappa shape index (κ2) is 10.7. The molecule has 1 amide bonds. The van der Waals surface area contributed by atoms with E-state index in [-0.39, 0.29) is 16.9 Å². The fourth-order valence-electron chi connectivity index (χ4n) is 4.73. The molecule has 0 spiro atoms. The quantitative estimate of drug-likeness (QED) is 0.320. The third-order valence-corrected chi connectivity index (χ3v) is 6.59. The highest BCUT2D eigenvalue weighted by Gasteiger charge is 2.20. The summed E-state index contributed by atoms with van der Waals surface area (Å²) in [5, 5.41) is 13.0. The van der Waals surface area contributed by atoms with Crippen LogP contribution >= 0.6 is 0 Å². The average Bonchev–Trinajstić information content (AvgIpc) is 3.57. The zero-order chi connectivity index (χ0) is 27.5. The van der Waals surface area contributed by atoms with Crippen molar-refractivity contribution in [2.24, 2.45) is 5.73 Å². The van der Waals surface area contributed by atoms with Gasteiger partial charge in [-0.15, -0.1) is 5.10 Å². The summed E-state index contributed by atoms with van der Waals surface area (Å²) in [5.74, 6) is 0.149. The van der Waals surface area contributed by atoms with Gasteiger partial charge in [0.1, 0.15) is 11.4 Å². The molecule has 0 aliphatic carbocycles. The van der Waals surface area contributed by atoms with Crippen LogP contribution in [0.2, 0.25) is 0 Å². The van der Waals surface area contributed by atoms with Crippen molar-refractivity contribution >= 4 is 34.5 Å². The molecule has 0 fully saturated rings. The lowest BCUT2D eigenvalue weighted by molar-refractivity contribution is 0.100. The maximum absolute atomic E-state index is 13.5. The molecule has 1 aliphatic rings. The SMILES string of the molecule is CCc1cc2cccc(-c3cnn(CC)c3)c2c(=O)n1-c1ccccc1.NC(=O)c1c(N)nn2c1NCC=C2. The number of pyridine rings is 1. The fourth-order valence-corrected chi connectivity index (χ4v) is 4.73. The maximum atomic E-state index is 13.5. The van der Waals surface area contributed by atoms with E-state index in [2.05, 4.69) is 35.4 Å². The van der Waals surface area contributed by atoms with E-state index in [1.807, 2.05) is 76.2 Å². The lowest BCUT2D eigenvalue weighted by Gasteiger charge is -2.15. The van der Waals surface area contributed by atoms with Crippen LogP contribution in [0.1, 0.15) is 29.9 Å². The predicted octanol–water partition coefficient (Wildman–Crippen LogP) is 3.90. The zero-order valence-corrected chi connectivity index (χ0v) is 21.8. The number of benzene rings is 2. The van der Waals surface area contributed by atoms with Crippen LogP contribution in [0.15, 0.2) is 77.9 Å². The largest absolute Gasteiger partial charge is 0.381 e. The van der Waals surface area contributed by atoms with E-state index in [0.717, 1.165) is 46.2 Å². The van der Waals surface area contributed by atoms with Gasteiger partial charge in [-0.2, -0.15) is 5.10 Å². The first-order valence-electron chi connectivity index (χ1n) is 12.8. The number of nitrogens with two attached hydrogens (primary N) is 2. The molecule has 0 bridgehead atoms. The Morgan fingerprint density at radius 1 is 1.10 bits per heavy atom. The Bertz CT molecular complexity index is 1740. The number of carbonyl (C=O) groups excluding carboxylic acids is 1. The lowest BCUT2D eigenvalue weighted by atomic mass is 10.0. The molecule has 39 heavy (non-hydrogen) atoms. The summed E-state index contributed by atoms with van der Waals surface area (Å²) in [5.41, 5.74) is 14.7. The lowest BCUT2D eigenvalue weighted by Crippen LogP contribution is -2.22. The normalized spacial score (nSPS) is 11.9. The van der Waals surface area contributed by atoms with Crippen molar-refractivity contribution in [1.29, 1.82) is 0 Å². The molecule has 10 nitrogen and oxygen atoms in total. The fraction of sp³-hybridized carbons (Fsp3) is 0.172. The van der Waals surface area contributed by atoms with E-state index in [1.54, 1.807) is 6.20 Å². The first kappa shape index (κ1) is 25.5. The van der Waals surface area contributed by atoms with E-state index >= 15 is 0 Å². The van der Waals surface area contributed by atoms with Crippen LogP contribution in [0.5, 0.6) is 0 Å². The molecule has 3 aromatic heterocycles. The van der Waals surface area contributed by atoms with E-state index in [1.165, 1.54) is 4.68 Å². The van der Waals surface area contributed by atoms with Gasteiger partial charge in [0.2, 0.25) is 0 Å². The highest BCUT2D eigenvalue weighted by atomic mass is 16.1. The van der Waals surface area contributed by atoms with Crippen molar-refractivity contribution in [2.75, 3.05) is 17.6 Å². The topological polar surface area (TPSA) is 139 Å². The Kier molecular flexibility index (Phi) is 7.00. The second-order valence-electron chi connectivity index (χ2n) is 9.00. The van der Waals surface area contributed by atoms with Gasteiger partial charge in [-0.25, -0.2) is 4.68 Å². The van der Waals surface area contributed by atoms with Crippen molar-refractivity contribution in [1.82, 2.24) is 24.1 Å². The molecule has 1 aliphatic heterocycles. The van der Waals surface area contributed by atoms with E-state index in [4.69, 9.17) is 11.5 Å². The summed E-state index contributed by atoms with van der Waals surface area (Å²) in [7, 11) is 0. The number of hydrogen-bond donors (Lipinski definition) is 3. The molecule has 0 saturated heterocycles. The Hall–Kier alpha value is -5.12. The number of aryl methyl sites for hydroxylation is 2. The van der Waals surface area contributed by atoms with Gasteiger partial charge in [-0.1, -0.05) is 43.3 Å². The summed E-state index contributed by atoms with van der Waals surface area (Å²) in [6, 6.07) is 18.0. The van der Waals surface area contributed by atoms with Gasteiger partial charge in [0.15, 0.2) is 5.82 Å². The summed E-state index contributed by atoms with van der Waals surface area (Å²) >= 11 is 0. The van der Waals surface area contributed by atoms with Crippen molar-refractivity contribution in [2.45, 2.75) is 26.8 Å². The smallest absolute Gasteiger partial charge is 0.263 e. The highest BCUT2D eigenvalue weighted by Crippen LogP contribution is 2.28. The Labute approximate surface area is 225 Å². The van der Waals surface area contributed by atoms with Crippen molar-refractivity contribution in [3.05, 3.63) is 94.7 Å². The van der Waals surface area contributed by atoms with Crippen LogP contribution in [-0.2, 0) is 13.0 Å². The molecule has 4 heterocycles. The number of amides is 1. The number of primary amides is 1. The molecule has 2 aromatic carbocycles. The van der Waals surface area contributed by atoms with Crippen LogP contribution in [0, 0.1) is 0 Å². The highest BCUT2D eigenvalue weighted by molar-refractivity contribution is 6.02. The van der Waals surface area contributed by atoms with E-state index in [0.29, 0.717) is 12.4 Å². The third kappa shape index (κ3) is 4.79. The van der Waals surface area contributed by atoms with Crippen LogP contribution in [0.3, 0.4) is 0 Å². The van der Waals surface area contributed by atoms with E-state index in [9.17, 15) is 9.59 Å². The average molecular weight is 523 g/mol. The molecule has 5 N–H and O–H groups in total. The van der Waals surface area contributed by atoms with Crippen LogP contribution in [-0.4, -0.2) is 36.6 Å². The second-order valence-corrected chi connectivity index (χ2v) is 9.00. The standard InChI is InChI=1S/C22H21N3O.C7H9N5O/c1-3-18-13-16-9-8-12-20(17-14-23-24(4-2)15-17)21(16)22(26)25(18)19-10-6-5-7-11-19;8-5-4(6(9)13)7-10-2-1-3-12(7)11-5/h5-15H,3-4H2,1-2H3;1,3,10H,2H2,(H2,8,11)(H2,9,13). The van der Waals surface area contributed by atoms with Gasteiger partial charge in [0.05, 0.1) is 11.6 Å². The molecule has 6 rings (SSSR count). The minimum atomic E-state index is -0.568. The summed E-state index contributed by atoms with van der Waals surface area (Å²) in [6.45, 7) is 5.58. The molecule has 5 aromatic rings. The number of rotatable bonds is 5. The number of nitrogen functional groups attached to an aromatic ring is 1. The third-order valence-electron chi connectivity index (χ3n) is 6.59. The monoisotopic (exact) mass is 522 g/mol. The van der Waals surface area contributed by atoms with Gasteiger partial charge in [-0.05, 0) is 48.6 Å². The van der Waals surface area contributed by atoms with Crippen molar-refractivity contribution in [3.63, 3.8) is 0 Å².